The molecule has 0 radical (unpaired) electrons. The van der Waals surface area contributed by atoms with Crippen LogP contribution in [0.15, 0.2) is 0 Å². The Morgan fingerprint density at radius 3 is 1.67 bits per heavy atom. The normalized spacial score (nSPS) is 14.2. The first kappa shape index (κ1) is 14.9. The largest absolute Gasteiger partial charge is 0.309 e. The van der Waals surface area contributed by atoms with Gasteiger partial charge in [0.2, 0.25) is 0 Å². The van der Waals surface area contributed by atoms with Crippen LogP contribution in [-0.2, 0) is 0 Å². The minimum atomic E-state index is 0.729. The fourth-order valence-corrected chi connectivity index (χ4v) is 1.71. The molecule has 0 rings (SSSR count). The van der Waals surface area contributed by atoms with Crippen molar-refractivity contribution in [3.05, 3.63) is 0 Å². The average Bonchev–Trinajstić information content (AvgIpc) is 2.09. The second-order valence-electron chi connectivity index (χ2n) is 5.15. The summed E-state index contributed by atoms with van der Waals surface area (Å²) < 4.78 is 0. The molecule has 0 fully saturated rings. The van der Waals surface area contributed by atoms with Gasteiger partial charge in [0.25, 0.3) is 0 Å². The van der Waals surface area contributed by atoms with Gasteiger partial charge in [0, 0.05) is 6.04 Å². The van der Waals surface area contributed by atoms with Crippen LogP contribution in [0, 0.1) is 0 Å². The van der Waals surface area contributed by atoms with Crippen LogP contribution >= 0.6 is 0 Å². The molecule has 92 valence electrons. The van der Waals surface area contributed by atoms with Gasteiger partial charge in [0.05, 0.1) is 0 Å². The van der Waals surface area contributed by atoms with E-state index in [1.165, 1.54) is 32.4 Å². The number of rotatable bonds is 8. The van der Waals surface area contributed by atoms with Crippen molar-refractivity contribution in [1.82, 2.24) is 14.7 Å². The molecule has 0 aromatic rings. The minimum Gasteiger partial charge on any atom is -0.309 e. The van der Waals surface area contributed by atoms with Crippen molar-refractivity contribution in [2.24, 2.45) is 0 Å². The standard InChI is InChI=1S/C12H29N3/c1-13(2)10-7-8-12(15(5)6)9-11-14(3)4/h12H,7-11H2,1-6H3. The molecule has 0 aliphatic heterocycles. The summed E-state index contributed by atoms with van der Waals surface area (Å²) in [5.74, 6) is 0. The highest BCUT2D eigenvalue weighted by Crippen LogP contribution is 2.08. The maximum absolute atomic E-state index is 2.36. The first-order valence-corrected chi connectivity index (χ1v) is 5.89. The summed E-state index contributed by atoms with van der Waals surface area (Å²) in [4.78, 5) is 6.89. The van der Waals surface area contributed by atoms with Crippen LogP contribution in [0.1, 0.15) is 19.3 Å². The van der Waals surface area contributed by atoms with Crippen molar-refractivity contribution in [3.8, 4) is 0 Å². The summed E-state index contributed by atoms with van der Waals surface area (Å²) in [7, 11) is 13.0. The van der Waals surface area contributed by atoms with Gasteiger partial charge in [-0.15, -0.1) is 0 Å². The lowest BCUT2D eigenvalue weighted by molar-refractivity contribution is 0.229. The maximum Gasteiger partial charge on any atom is 0.0102 e. The van der Waals surface area contributed by atoms with Gasteiger partial charge >= 0.3 is 0 Å². The summed E-state index contributed by atoms with van der Waals surface area (Å²) in [6.45, 7) is 2.39. The van der Waals surface area contributed by atoms with Gasteiger partial charge in [-0.2, -0.15) is 0 Å². The molecular formula is C12H29N3. The molecule has 1 unspecified atom stereocenters. The van der Waals surface area contributed by atoms with E-state index in [1.807, 2.05) is 0 Å². The average molecular weight is 215 g/mol. The maximum atomic E-state index is 2.36. The minimum absolute atomic E-state index is 0.729. The zero-order valence-corrected chi connectivity index (χ0v) is 11.5. The van der Waals surface area contributed by atoms with Crippen LogP contribution in [0.5, 0.6) is 0 Å². The van der Waals surface area contributed by atoms with Crippen molar-refractivity contribution in [2.75, 3.05) is 55.4 Å². The highest BCUT2D eigenvalue weighted by Gasteiger charge is 2.11. The summed E-state index contributed by atoms with van der Waals surface area (Å²) >= 11 is 0. The Morgan fingerprint density at radius 2 is 1.27 bits per heavy atom. The Hall–Kier alpha value is -0.120. The third-order valence-corrected chi connectivity index (χ3v) is 2.78. The smallest absolute Gasteiger partial charge is 0.0102 e. The van der Waals surface area contributed by atoms with E-state index in [-0.39, 0.29) is 0 Å². The highest BCUT2D eigenvalue weighted by atomic mass is 15.1. The van der Waals surface area contributed by atoms with E-state index in [1.54, 1.807) is 0 Å². The lowest BCUT2D eigenvalue weighted by Gasteiger charge is -2.26. The summed E-state index contributed by atoms with van der Waals surface area (Å²) in [6, 6.07) is 0.729. The summed E-state index contributed by atoms with van der Waals surface area (Å²) in [5.41, 5.74) is 0. The Balaban J connectivity index is 3.73. The summed E-state index contributed by atoms with van der Waals surface area (Å²) in [5, 5.41) is 0. The quantitative estimate of drug-likeness (QED) is 0.602. The molecule has 0 heterocycles. The van der Waals surface area contributed by atoms with Gasteiger partial charge in [-0.05, 0) is 74.6 Å². The molecule has 0 aromatic heterocycles. The van der Waals surface area contributed by atoms with Gasteiger partial charge < -0.3 is 14.7 Å². The molecule has 0 aliphatic carbocycles. The monoisotopic (exact) mass is 215 g/mol. The van der Waals surface area contributed by atoms with Gasteiger partial charge in [-0.25, -0.2) is 0 Å². The van der Waals surface area contributed by atoms with E-state index < -0.39 is 0 Å². The molecule has 0 saturated carbocycles. The van der Waals surface area contributed by atoms with Crippen LogP contribution < -0.4 is 0 Å². The fourth-order valence-electron chi connectivity index (χ4n) is 1.71. The predicted molar refractivity (Wildman–Crippen MR) is 68.4 cm³/mol. The molecular weight excluding hydrogens is 186 g/mol. The zero-order chi connectivity index (χ0) is 11.8. The molecule has 3 nitrogen and oxygen atoms in total. The van der Waals surface area contributed by atoms with Crippen LogP contribution in [0.4, 0.5) is 0 Å². The SMILES string of the molecule is CN(C)CCCC(CCN(C)C)N(C)C. The predicted octanol–water partition coefficient (Wildman–Crippen LogP) is 1.21. The topological polar surface area (TPSA) is 9.72 Å². The van der Waals surface area contributed by atoms with Crippen LogP contribution in [0.25, 0.3) is 0 Å². The molecule has 1 atom stereocenters. The Kier molecular flexibility index (Phi) is 8.02. The van der Waals surface area contributed by atoms with E-state index >= 15 is 0 Å². The fraction of sp³-hybridized carbons (Fsp3) is 1.00. The molecule has 0 aromatic carbocycles. The zero-order valence-electron chi connectivity index (χ0n) is 11.5. The number of hydrogen-bond donors (Lipinski definition) is 0. The Bertz CT molecular complexity index is 144. The van der Waals surface area contributed by atoms with Crippen LogP contribution in [-0.4, -0.2) is 76.1 Å². The third-order valence-electron chi connectivity index (χ3n) is 2.78. The molecule has 0 bridgehead atoms. The molecule has 15 heavy (non-hydrogen) atoms. The van der Waals surface area contributed by atoms with E-state index in [2.05, 4.69) is 57.0 Å². The highest BCUT2D eigenvalue weighted by molar-refractivity contribution is 4.68. The van der Waals surface area contributed by atoms with Crippen molar-refractivity contribution in [1.29, 1.82) is 0 Å². The molecule has 0 amide bonds. The van der Waals surface area contributed by atoms with Crippen molar-refractivity contribution >= 4 is 0 Å². The van der Waals surface area contributed by atoms with Crippen LogP contribution in [0.2, 0.25) is 0 Å². The lowest BCUT2D eigenvalue weighted by Crippen LogP contribution is -2.32. The first-order valence-electron chi connectivity index (χ1n) is 5.89. The summed E-state index contributed by atoms with van der Waals surface area (Å²) in [6.07, 6.45) is 3.87. The molecule has 0 aliphatic rings. The Morgan fingerprint density at radius 1 is 0.733 bits per heavy atom. The van der Waals surface area contributed by atoms with Gasteiger partial charge in [0.1, 0.15) is 0 Å². The van der Waals surface area contributed by atoms with Crippen LogP contribution in [0.3, 0.4) is 0 Å². The van der Waals surface area contributed by atoms with Gasteiger partial charge in [0.15, 0.2) is 0 Å². The first-order chi connectivity index (χ1) is 6.93. The lowest BCUT2D eigenvalue weighted by atomic mass is 10.1. The number of hydrogen-bond acceptors (Lipinski definition) is 3. The number of nitrogens with zero attached hydrogens (tertiary/aromatic N) is 3. The van der Waals surface area contributed by atoms with E-state index in [0.717, 1.165) is 6.04 Å². The van der Waals surface area contributed by atoms with Gasteiger partial charge in [-0.1, -0.05) is 0 Å². The van der Waals surface area contributed by atoms with E-state index in [4.69, 9.17) is 0 Å². The van der Waals surface area contributed by atoms with E-state index in [0.29, 0.717) is 0 Å². The van der Waals surface area contributed by atoms with Gasteiger partial charge in [-0.3, -0.25) is 0 Å². The molecule has 3 heteroatoms. The van der Waals surface area contributed by atoms with Crippen molar-refractivity contribution in [3.63, 3.8) is 0 Å². The van der Waals surface area contributed by atoms with E-state index in [9.17, 15) is 0 Å². The Labute approximate surface area is 96.0 Å². The third kappa shape index (κ3) is 8.85. The molecule has 0 spiro atoms. The second kappa shape index (κ2) is 8.08. The van der Waals surface area contributed by atoms with Crippen molar-refractivity contribution in [2.45, 2.75) is 25.3 Å². The molecule has 0 N–H and O–H groups in total. The van der Waals surface area contributed by atoms with Crippen molar-refractivity contribution < 1.29 is 0 Å². The second-order valence-corrected chi connectivity index (χ2v) is 5.15. The molecule has 0 saturated heterocycles.